The third kappa shape index (κ3) is 6.08. The number of halogens is 3. The second-order valence-corrected chi connectivity index (χ2v) is 9.31. The van der Waals surface area contributed by atoms with Crippen LogP contribution in [0.3, 0.4) is 0 Å². The fraction of sp³-hybridized carbons (Fsp3) is 0.355. The zero-order valence-electron chi connectivity index (χ0n) is 20.9. The third-order valence-electron chi connectivity index (χ3n) is 6.63. The minimum Gasteiger partial charge on any atom is -0.348 e. The third-order valence-corrected chi connectivity index (χ3v) is 6.63. The van der Waals surface area contributed by atoms with Gasteiger partial charge in [-0.1, -0.05) is 86.9 Å². The molecule has 5 heteroatoms. The van der Waals surface area contributed by atoms with Gasteiger partial charge in [0, 0.05) is 17.0 Å². The normalized spacial score (nSPS) is 18.1. The maximum Gasteiger partial charge on any atom is 0.186 e. The molecule has 2 nitrogen and oxygen atoms in total. The molecular formula is C31H33F3O2. The molecule has 190 valence electrons. The van der Waals surface area contributed by atoms with E-state index in [1.807, 2.05) is 25.1 Å². The summed E-state index contributed by atoms with van der Waals surface area (Å²) in [6, 6.07) is 15.3. The Morgan fingerprint density at radius 3 is 2.17 bits per heavy atom. The number of rotatable bonds is 9. The van der Waals surface area contributed by atoms with E-state index >= 15 is 0 Å². The number of ether oxygens (including phenoxy) is 2. The lowest BCUT2D eigenvalue weighted by Gasteiger charge is -2.28. The van der Waals surface area contributed by atoms with E-state index in [1.165, 1.54) is 6.07 Å². The predicted molar refractivity (Wildman–Crippen MR) is 138 cm³/mol. The molecule has 0 atom stereocenters. The van der Waals surface area contributed by atoms with Crippen molar-refractivity contribution >= 4 is 0 Å². The van der Waals surface area contributed by atoms with Crippen molar-refractivity contribution in [1.82, 2.24) is 0 Å². The average molecular weight is 495 g/mol. The topological polar surface area (TPSA) is 18.5 Å². The van der Waals surface area contributed by atoms with Crippen LogP contribution in [0.5, 0.6) is 0 Å². The first kappa shape index (κ1) is 26.2. The van der Waals surface area contributed by atoms with E-state index in [0.717, 1.165) is 31.2 Å². The van der Waals surface area contributed by atoms with E-state index < -0.39 is 23.7 Å². The first-order valence-electron chi connectivity index (χ1n) is 12.7. The lowest BCUT2D eigenvalue weighted by Crippen LogP contribution is -2.26. The molecular weight excluding hydrogens is 461 g/mol. The van der Waals surface area contributed by atoms with Gasteiger partial charge in [0.05, 0.1) is 13.2 Å². The van der Waals surface area contributed by atoms with Gasteiger partial charge >= 0.3 is 0 Å². The van der Waals surface area contributed by atoms with Crippen molar-refractivity contribution in [2.24, 2.45) is 5.92 Å². The van der Waals surface area contributed by atoms with E-state index in [4.69, 9.17) is 9.47 Å². The van der Waals surface area contributed by atoms with Gasteiger partial charge in [0.25, 0.3) is 0 Å². The summed E-state index contributed by atoms with van der Waals surface area (Å²) in [6.45, 7) is 5.02. The maximum absolute atomic E-state index is 14.9. The number of aryl methyl sites for hydroxylation is 1. The summed E-state index contributed by atoms with van der Waals surface area (Å²) in [5.74, 6) is -1.83. The monoisotopic (exact) mass is 494 g/mol. The summed E-state index contributed by atoms with van der Waals surface area (Å²) < 4.78 is 55.8. The summed E-state index contributed by atoms with van der Waals surface area (Å²) in [5, 5.41) is 0. The summed E-state index contributed by atoms with van der Waals surface area (Å²) in [6.07, 6.45) is 7.84. The van der Waals surface area contributed by atoms with Crippen molar-refractivity contribution in [3.63, 3.8) is 0 Å². The van der Waals surface area contributed by atoms with E-state index in [0.29, 0.717) is 41.9 Å². The Hall–Kier alpha value is -2.89. The van der Waals surface area contributed by atoms with Crippen LogP contribution in [-0.4, -0.2) is 13.2 Å². The minimum atomic E-state index is -0.824. The van der Waals surface area contributed by atoms with Crippen LogP contribution in [0.2, 0.25) is 0 Å². The summed E-state index contributed by atoms with van der Waals surface area (Å²) in [7, 11) is 0. The highest BCUT2D eigenvalue weighted by molar-refractivity contribution is 5.71. The van der Waals surface area contributed by atoms with Gasteiger partial charge in [-0.15, -0.1) is 0 Å². The summed E-state index contributed by atoms with van der Waals surface area (Å²) >= 11 is 0. The molecule has 0 amide bonds. The molecule has 1 aliphatic rings. The maximum atomic E-state index is 14.9. The Labute approximate surface area is 211 Å². The van der Waals surface area contributed by atoms with Gasteiger partial charge < -0.3 is 9.47 Å². The van der Waals surface area contributed by atoms with Crippen molar-refractivity contribution in [2.45, 2.75) is 52.2 Å². The second-order valence-electron chi connectivity index (χ2n) is 9.31. The smallest absolute Gasteiger partial charge is 0.186 e. The molecule has 0 radical (unpaired) electrons. The standard InChI is InChI=1S/C31H33F3O2/c1-3-5-6-7-9-24-14-16-26(30(34)29(24)33)23-12-10-22(11-13-23)25-15-17-27(28(32)18-25)31-35-19-21(8-4-2)20-36-31/h4,8,10-18,21,31H,3,5-7,9,19-20H2,1-2H3/b8-4+. The largest absolute Gasteiger partial charge is 0.348 e. The number of benzene rings is 3. The Kier molecular flexibility index (Phi) is 9.00. The summed E-state index contributed by atoms with van der Waals surface area (Å²) in [5.41, 5.74) is 3.03. The molecule has 0 saturated carbocycles. The lowest BCUT2D eigenvalue weighted by molar-refractivity contribution is -0.198. The van der Waals surface area contributed by atoms with Crippen molar-refractivity contribution in [3.8, 4) is 22.3 Å². The fourth-order valence-corrected chi connectivity index (χ4v) is 4.57. The fourth-order valence-electron chi connectivity index (χ4n) is 4.57. The van der Waals surface area contributed by atoms with E-state index in [9.17, 15) is 13.2 Å². The Morgan fingerprint density at radius 2 is 1.50 bits per heavy atom. The number of hydrogen-bond acceptors (Lipinski definition) is 2. The molecule has 1 fully saturated rings. The molecule has 0 unspecified atom stereocenters. The predicted octanol–water partition coefficient (Wildman–Crippen LogP) is 8.80. The van der Waals surface area contributed by atoms with E-state index in [-0.39, 0.29) is 11.5 Å². The van der Waals surface area contributed by atoms with Crippen LogP contribution >= 0.6 is 0 Å². The zero-order chi connectivity index (χ0) is 25.5. The first-order valence-corrected chi connectivity index (χ1v) is 12.7. The highest BCUT2D eigenvalue weighted by Gasteiger charge is 2.24. The summed E-state index contributed by atoms with van der Waals surface area (Å²) in [4.78, 5) is 0. The Morgan fingerprint density at radius 1 is 0.806 bits per heavy atom. The van der Waals surface area contributed by atoms with Crippen LogP contribution in [0.1, 0.15) is 56.9 Å². The minimum absolute atomic E-state index is 0.174. The molecule has 0 N–H and O–H groups in total. The van der Waals surface area contributed by atoms with Crippen molar-refractivity contribution < 1.29 is 22.6 Å². The van der Waals surface area contributed by atoms with Gasteiger partial charge in [-0.3, -0.25) is 0 Å². The van der Waals surface area contributed by atoms with E-state index in [2.05, 4.69) is 6.92 Å². The Balaban J connectivity index is 1.46. The SMILES string of the molecule is C/C=C/C1COC(c2ccc(-c3ccc(-c4ccc(CCCCCC)c(F)c4F)cc3)cc2F)OC1. The molecule has 1 saturated heterocycles. The van der Waals surface area contributed by atoms with Crippen molar-refractivity contribution in [2.75, 3.05) is 13.2 Å². The van der Waals surface area contributed by atoms with Gasteiger partial charge in [-0.25, -0.2) is 13.2 Å². The van der Waals surface area contributed by atoms with Crippen LogP contribution < -0.4 is 0 Å². The average Bonchev–Trinajstić information content (AvgIpc) is 2.90. The van der Waals surface area contributed by atoms with E-state index in [1.54, 1.807) is 42.5 Å². The lowest BCUT2D eigenvalue weighted by atomic mass is 9.97. The highest BCUT2D eigenvalue weighted by atomic mass is 19.2. The first-order chi connectivity index (χ1) is 17.5. The molecule has 0 bridgehead atoms. The molecule has 0 spiro atoms. The number of allylic oxidation sites excluding steroid dienone is 1. The molecule has 36 heavy (non-hydrogen) atoms. The molecule has 0 aromatic heterocycles. The highest BCUT2D eigenvalue weighted by Crippen LogP contribution is 2.32. The molecule has 1 aliphatic heterocycles. The second kappa shape index (κ2) is 12.4. The van der Waals surface area contributed by atoms with Gasteiger partial charge in [-0.05, 0) is 48.1 Å². The van der Waals surface area contributed by atoms with Crippen LogP contribution in [0, 0.1) is 23.4 Å². The molecule has 3 aromatic carbocycles. The zero-order valence-corrected chi connectivity index (χ0v) is 20.9. The molecule has 4 rings (SSSR count). The van der Waals surface area contributed by atoms with Gasteiger partial charge in [0.1, 0.15) is 5.82 Å². The van der Waals surface area contributed by atoms with Crippen molar-refractivity contribution in [1.29, 1.82) is 0 Å². The van der Waals surface area contributed by atoms with Crippen LogP contribution in [0.4, 0.5) is 13.2 Å². The molecule has 1 heterocycles. The van der Waals surface area contributed by atoms with Gasteiger partial charge in [0.2, 0.25) is 0 Å². The van der Waals surface area contributed by atoms with Crippen molar-refractivity contribution in [3.05, 3.63) is 95.3 Å². The molecule has 3 aromatic rings. The van der Waals surface area contributed by atoms with Crippen LogP contribution in [0.15, 0.2) is 66.7 Å². The Bertz CT molecular complexity index is 1180. The quantitative estimate of drug-likeness (QED) is 0.219. The van der Waals surface area contributed by atoms with Gasteiger partial charge in [0.15, 0.2) is 17.9 Å². The van der Waals surface area contributed by atoms with Crippen LogP contribution in [-0.2, 0) is 15.9 Å². The molecule has 0 aliphatic carbocycles. The van der Waals surface area contributed by atoms with Gasteiger partial charge in [-0.2, -0.15) is 0 Å². The number of hydrogen-bond donors (Lipinski definition) is 0. The van der Waals surface area contributed by atoms with Crippen LogP contribution in [0.25, 0.3) is 22.3 Å². The number of unbranched alkanes of at least 4 members (excludes halogenated alkanes) is 3.